The summed E-state index contributed by atoms with van der Waals surface area (Å²) in [6, 6.07) is 10.2. The first-order valence-corrected chi connectivity index (χ1v) is 7.96. The molecule has 0 fully saturated rings. The van der Waals surface area contributed by atoms with Crippen molar-refractivity contribution in [1.29, 1.82) is 0 Å². The van der Waals surface area contributed by atoms with Crippen LogP contribution in [0.15, 0.2) is 41.0 Å². The zero-order valence-corrected chi connectivity index (χ0v) is 13.8. The largest absolute Gasteiger partial charge is 0.481 e. The molecular weight excluding hydrogens is 348 g/mol. The van der Waals surface area contributed by atoms with Gasteiger partial charge in [-0.15, -0.1) is 0 Å². The number of benzene rings is 2. The number of carboxylic acid groups (broad SMARTS) is 1. The van der Waals surface area contributed by atoms with Crippen molar-refractivity contribution in [2.45, 2.75) is 25.6 Å². The minimum absolute atomic E-state index is 0.127. The molecule has 0 aliphatic heterocycles. The molecule has 0 amide bonds. The van der Waals surface area contributed by atoms with Crippen LogP contribution in [-0.2, 0) is 17.6 Å². The molecule has 0 bridgehead atoms. The smallest absolute Gasteiger partial charge is 0.307 e. The number of aliphatic hydroxyl groups is 1. The first-order valence-electron chi connectivity index (χ1n) is 7.58. The normalized spacial score (nSPS) is 12.2. The van der Waals surface area contributed by atoms with E-state index in [2.05, 4.69) is 10.3 Å². The summed E-state index contributed by atoms with van der Waals surface area (Å²) in [7, 11) is 0. The number of carbonyl (C=O) groups is 1. The number of aryl methyl sites for hydroxylation is 1. The minimum atomic E-state index is -1.07. The predicted octanol–water partition coefficient (Wildman–Crippen LogP) is 2.83. The van der Waals surface area contributed by atoms with E-state index in [1.54, 1.807) is 18.2 Å². The zero-order chi connectivity index (χ0) is 17.8. The average Bonchev–Trinajstić information content (AvgIpc) is 3.04. The molecule has 0 saturated carbocycles. The summed E-state index contributed by atoms with van der Waals surface area (Å²) in [4.78, 5) is 10.7. The number of aromatic nitrogens is 2. The molecule has 0 aliphatic rings. The molecule has 25 heavy (non-hydrogen) atoms. The molecule has 2 N–H and O–H groups in total. The fraction of sp³-hybridized carbons (Fsp3) is 0.235. The lowest BCUT2D eigenvalue weighted by molar-refractivity contribution is -0.136. The number of hydrogen-bond acceptors (Lipinski definition) is 6. The summed E-state index contributed by atoms with van der Waals surface area (Å²) in [6.45, 7) is 0. The number of aliphatic hydroxyl groups excluding tert-OH is 1. The van der Waals surface area contributed by atoms with Gasteiger partial charge >= 0.3 is 5.97 Å². The number of rotatable bonds is 7. The molecule has 0 radical (unpaired) electrons. The van der Waals surface area contributed by atoms with Crippen LogP contribution in [-0.4, -0.2) is 32.8 Å². The summed E-state index contributed by atoms with van der Waals surface area (Å²) in [5.74, 6) is -0.647. The Kier molecular flexibility index (Phi) is 5.16. The van der Waals surface area contributed by atoms with Crippen molar-refractivity contribution in [1.82, 2.24) is 10.3 Å². The Morgan fingerprint density at radius 3 is 2.88 bits per heavy atom. The van der Waals surface area contributed by atoms with Crippen molar-refractivity contribution < 1.29 is 24.4 Å². The van der Waals surface area contributed by atoms with Crippen molar-refractivity contribution in [3.8, 4) is 5.75 Å². The molecule has 8 heteroatoms. The second-order valence-electron chi connectivity index (χ2n) is 5.50. The highest BCUT2D eigenvalue weighted by atomic mass is 35.5. The van der Waals surface area contributed by atoms with Crippen molar-refractivity contribution in [2.75, 3.05) is 0 Å². The lowest BCUT2D eigenvalue weighted by Gasteiger charge is -2.15. The lowest BCUT2D eigenvalue weighted by Crippen LogP contribution is -2.16. The van der Waals surface area contributed by atoms with Crippen LogP contribution in [0.2, 0.25) is 5.02 Å². The van der Waals surface area contributed by atoms with Crippen LogP contribution in [0.4, 0.5) is 0 Å². The average molecular weight is 363 g/mol. The molecule has 130 valence electrons. The molecule has 0 unspecified atom stereocenters. The first-order chi connectivity index (χ1) is 12.0. The quantitative estimate of drug-likeness (QED) is 0.622. The van der Waals surface area contributed by atoms with E-state index in [0.29, 0.717) is 35.2 Å². The molecular formula is C17H15ClN2O5. The standard InChI is InChI=1S/C17H15ClN2O5/c18-12-8-10(9-15(21)22)4-6-14(12)24-16(23)7-5-11-2-1-3-13-17(11)20-25-19-13/h1-4,6,8,16,23H,5,7,9H2,(H,21,22)/t16-/m0/s1. The highest BCUT2D eigenvalue weighted by Gasteiger charge is 2.13. The summed E-state index contributed by atoms with van der Waals surface area (Å²) in [6.07, 6.45) is -0.364. The van der Waals surface area contributed by atoms with Gasteiger partial charge in [-0.1, -0.05) is 29.8 Å². The fourth-order valence-electron chi connectivity index (χ4n) is 2.47. The van der Waals surface area contributed by atoms with Crippen molar-refractivity contribution in [2.24, 2.45) is 0 Å². The molecule has 2 aromatic carbocycles. The zero-order valence-electron chi connectivity index (χ0n) is 13.1. The highest BCUT2D eigenvalue weighted by Crippen LogP contribution is 2.27. The van der Waals surface area contributed by atoms with Gasteiger partial charge in [0.25, 0.3) is 0 Å². The van der Waals surface area contributed by atoms with E-state index in [4.69, 9.17) is 26.1 Å². The molecule has 7 nitrogen and oxygen atoms in total. The van der Waals surface area contributed by atoms with E-state index in [1.165, 1.54) is 6.07 Å². The third-order valence-electron chi connectivity index (χ3n) is 3.64. The van der Waals surface area contributed by atoms with Gasteiger partial charge in [0.15, 0.2) is 6.29 Å². The van der Waals surface area contributed by atoms with Crippen LogP contribution in [0.25, 0.3) is 11.0 Å². The van der Waals surface area contributed by atoms with Crippen molar-refractivity contribution in [3.05, 3.63) is 52.5 Å². The maximum Gasteiger partial charge on any atom is 0.307 e. The summed E-state index contributed by atoms with van der Waals surface area (Å²) in [5.41, 5.74) is 2.77. The molecule has 1 aromatic heterocycles. The highest BCUT2D eigenvalue weighted by molar-refractivity contribution is 6.32. The Bertz CT molecular complexity index is 896. The van der Waals surface area contributed by atoms with Crippen LogP contribution >= 0.6 is 11.6 Å². The van der Waals surface area contributed by atoms with E-state index in [-0.39, 0.29) is 11.4 Å². The predicted molar refractivity (Wildman–Crippen MR) is 89.6 cm³/mol. The minimum Gasteiger partial charge on any atom is -0.481 e. The molecule has 1 heterocycles. The van der Waals surface area contributed by atoms with Crippen LogP contribution in [0, 0.1) is 0 Å². The number of ether oxygens (including phenoxy) is 1. The number of halogens is 1. The maximum atomic E-state index is 10.7. The van der Waals surface area contributed by atoms with E-state index in [9.17, 15) is 9.90 Å². The Balaban J connectivity index is 1.62. The third kappa shape index (κ3) is 4.26. The maximum absolute atomic E-state index is 10.7. The summed E-state index contributed by atoms with van der Waals surface area (Å²) in [5, 5.41) is 26.7. The lowest BCUT2D eigenvalue weighted by atomic mass is 10.1. The van der Waals surface area contributed by atoms with E-state index >= 15 is 0 Å². The number of carboxylic acids is 1. The van der Waals surface area contributed by atoms with Gasteiger partial charge in [0, 0.05) is 6.42 Å². The number of aliphatic carboxylic acids is 1. The Morgan fingerprint density at radius 1 is 1.28 bits per heavy atom. The Morgan fingerprint density at radius 2 is 2.12 bits per heavy atom. The molecule has 0 saturated heterocycles. The van der Waals surface area contributed by atoms with E-state index in [1.807, 2.05) is 12.1 Å². The molecule has 0 spiro atoms. The molecule has 1 atom stereocenters. The van der Waals surface area contributed by atoms with E-state index in [0.717, 1.165) is 5.56 Å². The Labute approximate surface area is 147 Å². The van der Waals surface area contributed by atoms with Gasteiger partial charge in [-0.25, -0.2) is 4.63 Å². The third-order valence-corrected chi connectivity index (χ3v) is 3.94. The van der Waals surface area contributed by atoms with Crippen molar-refractivity contribution >= 4 is 28.6 Å². The van der Waals surface area contributed by atoms with Crippen LogP contribution in [0.1, 0.15) is 17.5 Å². The molecule has 3 aromatic rings. The number of fused-ring (bicyclic) bond motifs is 1. The second kappa shape index (κ2) is 7.50. The van der Waals surface area contributed by atoms with Gasteiger partial charge in [-0.3, -0.25) is 4.79 Å². The van der Waals surface area contributed by atoms with Gasteiger partial charge in [-0.2, -0.15) is 0 Å². The summed E-state index contributed by atoms with van der Waals surface area (Å²) >= 11 is 6.08. The van der Waals surface area contributed by atoms with Crippen molar-refractivity contribution in [3.63, 3.8) is 0 Å². The van der Waals surface area contributed by atoms with Gasteiger partial charge in [0.2, 0.25) is 0 Å². The second-order valence-corrected chi connectivity index (χ2v) is 5.90. The van der Waals surface area contributed by atoms with Crippen LogP contribution in [0.3, 0.4) is 0 Å². The van der Waals surface area contributed by atoms with Gasteiger partial charge in [0.05, 0.1) is 11.4 Å². The van der Waals surface area contributed by atoms with E-state index < -0.39 is 12.3 Å². The van der Waals surface area contributed by atoms with Gasteiger partial charge < -0.3 is 14.9 Å². The Hall–Kier alpha value is -2.64. The van der Waals surface area contributed by atoms with Gasteiger partial charge in [-0.05, 0) is 46.1 Å². The number of hydrogen-bond donors (Lipinski definition) is 2. The van der Waals surface area contributed by atoms with Crippen LogP contribution in [0.5, 0.6) is 5.75 Å². The van der Waals surface area contributed by atoms with Gasteiger partial charge in [0.1, 0.15) is 16.8 Å². The SMILES string of the molecule is O=C(O)Cc1ccc(O[C@H](O)CCc2cccc3nonc23)c(Cl)c1. The van der Waals surface area contributed by atoms with Crippen LogP contribution < -0.4 is 4.74 Å². The first kappa shape index (κ1) is 17.2. The fourth-order valence-corrected chi connectivity index (χ4v) is 2.72. The topological polar surface area (TPSA) is 106 Å². The molecule has 3 rings (SSSR count). The summed E-state index contributed by atoms with van der Waals surface area (Å²) < 4.78 is 10.1. The number of nitrogens with zero attached hydrogens (tertiary/aromatic N) is 2. The molecule has 0 aliphatic carbocycles. The monoisotopic (exact) mass is 362 g/mol.